The number of benzene rings is 1. The molecule has 2 aliphatic rings. The van der Waals surface area contributed by atoms with Crippen LogP contribution in [-0.2, 0) is 11.2 Å². The SMILES string of the molecule is O=C(C1Cc2ccccc2N1)N1CCC[C@H](O)C1. The number of carbonyl (C=O) groups excluding carboxylic acids is 1. The lowest BCUT2D eigenvalue weighted by molar-refractivity contribution is -0.134. The van der Waals surface area contributed by atoms with Gasteiger partial charge in [0.15, 0.2) is 0 Å². The number of β-amino-alcohol motifs (C(OH)–C–C–N with tert-alkyl or cyclic N) is 1. The van der Waals surface area contributed by atoms with Gasteiger partial charge in [0.25, 0.3) is 0 Å². The molecule has 2 N–H and O–H groups in total. The smallest absolute Gasteiger partial charge is 0.245 e. The number of hydrogen-bond donors (Lipinski definition) is 2. The zero-order valence-electron chi connectivity index (χ0n) is 10.3. The number of aliphatic hydroxyl groups is 1. The summed E-state index contributed by atoms with van der Waals surface area (Å²) in [7, 11) is 0. The summed E-state index contributed by atoms with van der Waals surface area (Å²) in [5, 5.41) is 12.9. The van der Waals surface area contributed by atoms with Crippen LogP contribution in [0.2, 0.25) is 0 Å². The summed E-state index contributed by atoms with van der Waals surface area (Å²) in [6.07, 6.45) is 2.10. The van der Waals surface area contributed by atoms with Crippen molar-refractivity contribution in [3.8, 4) is 0 Å². The van der Waals surface area contributed by atoms with Crippen LogP contribution in [-0.4, -0.2) is 41.1 Å². The van der Waals surface area contributed by atoms with E-state index in [1.165, 1.54) is 5.56 Å². The fourth-order valence-corrected chi connectivity index (χ4v) is 2.82. The van der Waals surface area contributed by atoms with E-state index in [2.05, 4.69) is 11.4 Å². The minimum Gasteiger partial charge on any atom is -0.391 e. The summed E-state index contributed by atoms with van der Waals surface area (Å²) in [6.45, 7) is 1.25. The monoisotopic (exact) mass is 246 g/mol. The van der Waals surface area contributed by atoms with Crippen molar-refractivity contribution in [1.29, 1.82) is 0 Å². The van der Waals surface area contributed by atoms with Gasteiger partial charge in [-0.15, -0.1) is 0 Å². The van der Waals surface area contributed by atoms with Crippen LogP contribution in [0, 0.1) is 0 Å². The Bertz CT molecular complexity index is 436. The van der Waals surface area contributed by atoms with Gasteiger partial charge in [-0.2, -0.15) is 0 Å². The molecule has 0 saturated carbocycles. The van der Waals surface area contributed by atoms with Crippen LogP contribution in [0.3, 0.4) is 0 Å². The van der Waals surface area contributed by atoms with Gasteiger partial charge in [-0.05, 0) is 24.5 Å². The third-order valence-electron chi connectivity index (χ3n) is 3.78. The summed E-state index contributed by atoms with van der Waals surface area (Å²) < 4.78 is 0. The molecule has 1 saturated heterocycles. The van der Waals surface area contributed by atoms with E-state index in [0.29, 0.717) is 6.54 Å². The highest BCUT2D eigenvalue weighted by atomic mass is 16.3. The maximum Gasteiger partial charge on any atom is 0.245 e. The molecule has 4 nitrogen and oxygen atoms in total. The Hall–Kier alpha value is -1.55. The van der Waals surface area contributed by atoms with E-state index in [1.54, 1.807) is 4.90 Å². The van der Waals surface area contributed by atoms with Gasteiger partial charge in [-0.3, -0.25) is 4.79 Å². The van der Waals surface area contributed by atoms with E-state index >= 15 is 0 Å². The molecule has 0 aromatic heterocycles. The highest BCUT2D eigenvalue weighted by Gasteiger charge is 2.31. The summed E-state index contributed by atoms with van der Waals surface area (Å²) in [4.78, 5) is 14.2. The Morgan fingerprint density at radius 2 is 2.22 bits per heavy atom. The molecule has 1 aromatic rings. The summed E-state index contributed by atoms with van der Waals surface area (Å²) in [6, 6.07) is 7.88. The fraction of sp³-hybridized carbons (Fsp3) is 0.500. The molecule has 0 bridgehead atoms. The molecule has 0 radical (unpaired) electrons. The van der Waals surface area contributed by atoms with Crippen molar-refractivity contribution in [2.45, 2.75) is 31.4 Å². The number of likely N-dealkylation sites (tertiary alicyclic amines) is 1. The van der Waals surface area contributed by atoms with Crippen molar-refractivity contribution < 1.29 is 9.90 Å². The maximum atomic E-state index is 12.4. The maximum absolute atomic E-state index is 12.4. The zero-order valence-corrected chi connectivity index (χ0v) is 10.3. The normalized spacial score (nSPS) is 26.6. The first-order valence-corrected chi connectivity index (χ1v) is 6.55. The standard InChI is InChI=1S/C14H18N2O2/c17-11-5-3-7-16(9-11)14(18)13-8-10-4-1-2-6-12(10)15-13/h1-2,4,6,11,13,15,17H,3,5,7-9H2/t11-,13?/m0/s1. The first-order valence-electron chi connectivity index (χ1n) is 6.55. The van der Waals surface area contributed by atoms with Crippen molar-refractivity contribution in [3.63, 3.8) is 0 Å². The molecule has 1 unspecified atom stereocenters. The highest BCUT2D eigenvalue weighted by molar-refractivity contribution is 5.87. The molecular formula is C14H18N2O2. The number of hydrogen-bond acceptors (Lipinski definition) is 3. The number of aliphatic hydroxyl groups excluding tert-OH is 1. The molecule has 1 amide bonds. The molecule has 96 valence electrons. The lowest BCUT2D eigenvalue weighted by Gasteiger charge is -2.32. The largest absolute Gasteiger partial charge is 0.391 e. The van der Waals surface area contributed by atoms with Crippen molar-refractivity contribution in [2.75, 3.05) is 18.4 Å². The van der Waals surface area contributed by atoms with Crippen LogP contribution in [0.5, 0.6) is 0 Å². The molecule has 4 heteroatoms. The Balaban J connectivity index is 1.68. The second-order valence-electron chi connectivity index (χ2n) is 5.14. The first kappa shape index (κ1) is 11.5. The molecule has 2 atom stereocenters. The van der Waals surface area contributed by atoms with Gasteiger partial charge >= 0.3 is 0 Å². The third-order valence-corrected chi connectivity index (χ3v) is 3.78. The van der Waals surface area contributed by atoms with Crippen molar-refractivity contribution in [3.05, 3.63) is 29.8 Å². The van der Waals surface area contributed by atoms with E-state index in [9.17, 15) is 9.90 Å². The van der Waals surface area contributed by atoms with E-state index in [1.807, 2.05) is 18.2 Å². The number of para-hydroxylation sites is 1. The van der Waals surface area contributed by atoms with E-state index in [4.69, 9.17) is 0 Å². The Kier molecular flexibility index (Phi) is 2.96. The van der Waals surface area contributed by atoms with Gasteiger partial charge < -0.3 is 15.3 Å². The quantitative estimate of drug-likeness (QED) is 0.777. The predicted molar refractivity (Wildman–Crippen MR) is 69.4 cm³/mol. The number of carbonyl (C=O) groups is 1. The van der Waals surface area contributed by atoms with Crippen LogP contribution in [0.4, 0.5) is 5.69 Å². The molecule has 1 fully saturated rings. The molecule has 0 spiro atoms. The average Bonchev–Trinajstić information content (AvgIpc) is 2.81. The van der Waals surface area contributed by atoms with E-state index < -0.39 is 0 Å². The van der Waals surface area contributed by atoms with Crippen LogP contribution in [0.15, 0.2) is 24.3 Å². The molecule has 2 heterocycles. The number of nitrogens with zero attached hydrogens (tertiary/aromatic N) is 1. The topological polar surface area (TPSA) is 52.6 Å². The molecule has 18 heavy (non-hydrogen) atoms. The second-order valence-corrected chi connectivity index (χ2v) is 5.14. The van der Waals surface area contributed by atoms with Crippen molar-refractivity contribution >= 4 is 11.6 Å². The average molecular weight is 246 g/mol. The van der Waals surface area contributed by atoms with Crippen LogP contribution in [0.25, 0.3) is 0 Å². The zero-order chi connectivity index (χ0) is 12.5. The molecular weight excluding hydrogens is 228 g/mol. The van der Waals surface area contributed by atoms with Gasteiger partial charge in [0.05, 0.1) is 6.10 Å². The van der Waals surface area contributed by atoms with Crippen LogP contribution in [0.1, 0.15) is 18.4 Å². The Morgan fingerprint density at radius 1 is 1.39 bits per heavy atom. The summed E-state index contributed by atoms with van der Waals surface area (Å²) in [5.74, 6) is 0.116. The minimum atomic E-state index is -0.355. The minimum absolute atomic E-state index is 0.116. The molecule has 0 aliphatic carbocycles. The number of fused-ring (bicyclic) bond motifs is 1. The lowest BCUT2D eigenvalue weighted by Crippen LogP contribution is -2.48. The number of piperidine rings is 1. The molecule has 3 rings (SSSR count). The van der Waals surface area contributed by atoms with Gasteiger partial charge in [0.1, 0.15) is 6.04 Å². The van der Waals surface area contributed by atoms with Gasteiger partial charge in [-0.1, -0.05) is 18.2 Å². The number of amides is 1. The van der Waals surface area contributed by atoms with Crippen LogP contribution < -0.4 is 5.32 Å². The highest BCUT2D eigenvalue weighted by Crippen LogP contribution is 2.26. The van der Waals surface area contributed by atoms with Gasteiger partial charge in [0, 0.05) is 25.2 Å². The predicted octanol–water partition coefficient (Wildman–Crippen LogP) is 1.01. The van der Waals surface area contributed by atoms with Gasteiger partial charge in [0.2, 0.25) is 5.91 Å². The molecule has 2 aliphatic heterocycles. The summed E-state index contributed by atoms with van der Waals surface area (Å²) >= 11 is 0. The van der Waals surface area contributed by atoms with E-state index in [0.717, 1.165) is 31.5 Å². The van der Waals surface area contributed by atoms with E-state index in [-0.39, 0.29) is 18.1 Å². The third kappa shape index (κ3) is 2.08. The number of rotatable bonds is 1. The Labute approximate surface area is 107 Å². The van der Waals surface area contributed by atoms with Crippen molar-refractivity contribution in [1.82, 2.24) is 4.90 Å². The molecule has 1 aromatic carbocycles. The van der Waals surface area contributed by atoms with Crippen LogP contribution >= 0.6 is 0 Å². The number of nitrogens with one attached hydrogen (secondary N) is 1. The first-order chi connectivity index (χ1) is 8.74. The fourth-order valence-electron chi connectivity index (χ4n) is 2.82. The van der Waals surface area contributed by atoms with Gasteiger partial charge in [-0.25, -0.2) is 0 Å². The lowest BCUT2D eigenvalue weighted by atomic mass is 10.1. The summed E-state index contributed by atoms with van der Waals surface area (Å²) in [5.41, 5.74) is 2.27. The van der Waals surface area contributed by atoms with Crippen molar-refractivity contribution in [2.24, 2.45) is 0 Å². The Morgan fingerprint density at radius 3 is 3.00 bits per heavy atom. The second kappa shape index (κ2) is 4.61. The number of anilines is 1.